The molecule has 50 valence electrons. The van der Waals surface area contributed by atoms with E-state index < -0.39 is 0 Å². The summed E-state index contributed by atoms with van der Waals surface area (Å²) in [4.78, 5) is 0. The smallest absolute Gasteiger partial charge is 0.0560 e. The van der Waals surface area contributed by atoms with E-state index >= 15 is 0 Å². The molecule has 0 atom stereocenters. The standard InChI is InChI=1S/C8H17/c1-3-5-7-8-6-4-2/h5H,3-4,6-8H2,1-2H3/q-1. The highest BCUT2D eigenvalue weighted by molar-refractivity contribution is 4.59. The summed E-state index contributed by atoms with van der Waals surface area (Å²) in [6.45, 7) is 4.44. The Kier molecular flexibility index (Phi) is 7.00. The second kappa shape index (κ2) is 7.00. The third-order valence-corrected chi connectivity index (χ3v) is 1.30. The predicted octanol–water partition coefficient (Wildman–Crippen LogP) is 3.18. The molecular formula is C8H17-. The van der Waals surface area contributed by atoms with Crippen LogP contribution in [-0.4, -0.2) is 0 Å². The van der Waals surface area contributed by atoms with Gasteiger partial charge in [-0.2, -0.15) is 12.8 Å². The van der Waals surface area contributed by atoms with Crippen molar-refractivity contribution in [2.24, 2.45) is 0 Å². The molecule has 0 saturated heterocycles. The molecule has 0 fully saturated rings. The van der Waals surface area contributed by atoms with Gasteiger partial charge in [0.05, 0.1) is 0 Å². The lowest BCUT2D eigenvalue weighted by Gasteiger charge is -2.04. The van der Waals surface area contributed by atoms with E-state index in [4.69, 9.17) is 0 Å². The van der Waals surface area contributed by atoms with Gasteiger partial charge >= 0.3 is 0 Å². The van der Waals surface area contributed by atoms with Crippen LogP contribution in [0.2, 0.25) is 0 Å². The molecule has 0 aliphatic carbocycles. The van der Waals surface area contributed by atoms with Crippen molar-refractivity contribution in [2.45, 2.75) is 46.0 Å². The van der Waals surface area contributed by atoms with Gasteiger partial charge in [0.1, 0.15) is 0 Å². The van der Waals surface area contributed by atoms with Crippen molar-refractivity contribution < 1.29 is 0 Å². The van der Waals surface area contributed by atoms with Crippen LogP contribution in [0.5, 0.6) is 0 Å². The van der Waals surface area contributed by atoms with Gasteiger partial charge < -0.3 is 6.42 Å². The van der Waals surface area contributed by atoms with E-state index in [1.807, 2.05) is 0 Å². The molecule has 0 aromatic rings. The highest BCUT2D eigenvalue weighted by atomic mass is 13.9. The molecule has 0 aromatic carbocycles. The van der Waals surface area contributed by atoms with Crippen LogP contribution in [0.3, 0.4) is 0 Å². The SMILES string of the molecule is CC[CH-]CCCCC. The van der Waals surface area contributed by atoms with Crippen molar-refractivity contribution in [3.8, 4) is 0 Å². The maximum atomic E-state index is 2.36. The third kappa shape index (κ3) is 6.00. The monoisotopic (exact) mass is 113 g/mol. The molecule has 0 nitrogen and oxygen atoms in total. The van der Waals surface area contributed by atoms with Crippen LogP contribution in [0, 0.1) is 6.42 Å². The van der Waals surface area contributed by atoms with Gasteiger partial charge in [-0.1, -0.05) is 33.1 Å². The molecule has 0 bridgehead atoms. The van der Waals surface area contributed by atoms with Gasteiger partial charge in [-0.25, -0.2) is 0 Å². The van der Waals surface area contributed by atoms with Crippen molar-refractivity contribution >= 4 is 0 Å². The second-order valence-corrected chi connectivity index (χ2v) is 2.19. The summed E-state index contributed by atoms with van der Waals surface area (Å²) >= 11 is 0. The first-order valence-electron chi connectivity index (χ1n) is 3.73. The fourth-order valence-corrected chi connectivity index (χ4v) is 0.743. The fourth-order valence-electron chi connectivity index (χ4n) is 0.743. The Morgan fingerprint density at radius 1 is 1.12 bits per heavy atom. The minimum atomic E-state index is 1.24. The Bertz CT molecular complexity index is 25.0. The number of hydrogen-bond acceptors (Lipinski definition) is 0. The minimum absolute atomic E-state index is 1.24. The molecule has 0 rings (SSSR count). The summed E-state index contributed by atoms with van der Waals surface area (Å²) in [6.07, 6.45) is 9.06. The number of hydrogen-bond donors (Lipinski definition) is 0. The third-order valence-electron chi connectivity index (χ3n) is 1.30. The van der Waals surface area contributed by atoms with Crippen molar-refractivity contribution in [3.05, 3.63) is 6.42 Å². The second-order valence-electron chi connectivity index (χ2n) is 2.19. The highest BCUT2D eigenvalue weighted by Gasteiger charge is 1.75. The first-order valence-corrected chi connectivity index (χ1v) is 3.73. The van der Waals surface area contributed by atoms with Crippen LogP contribution in [0.1, 0.15) is 46.0 Å². The lowest BCUT2D eigenvalue weighted by molar-refractivity contribution is 0.699. The number of rotatable bonds is 5. The number of unbranched alkanes of at least 4 members (excludes halogenated alkanes) is 5. The van der Waals surface area contributed by atoms with E-state index in [2.05, 4.69) is 20.3 Å². The Hall–Kier alpha value is 0. The van der Waals surface area contributed by atoms with Gasteiger partial charge in [-0.15, -0.1) is 0 Å². The van der Waals surface area contributed by atoms with E-state index in [1.54, 1.807) is 0 Å². The summed E-state index contributed by atoms with van der Waals surface area (Å²) in [6, 6.07) is 0. The Labute approximate surface area is 53.3 Å². The molecule has 0 aliphatic rings. The van der Waals surface area contributed by atoms with E-state index in [0.29, 0.717) is 0 Å². The molecule has 0 aromatic heterocycles. The van der Waals surface area contributed by atoms with E-state index in [0.717, 1.165) is 0 Å². The average Bonchev–Trinajstić information content (AvgIpc) is 1.81. The van der Waals surface area contributed by atoms with Crippen LogP contribution in [0.15, 0.2) is 0 Å². The maximum absolute atomic E-state index is 2.36. The van der Waals surface area contributed by atoms with Gasteiger partial charge in [0.2, 0.25) is 0 Å². The van der Waals surface area contributed by atoms with Crippen LogP contribution in [0.25, 0.3) is 0 Å². The quantitative estimate of drug-likeness (QED) is 0.379. The zero-order valence-electron chi connectivity index (χ0n) is 6.11. The zero-order chi connectivity index (χ0) is 6.24. The van der Waals surface area contributed by atoms with Gasteiger partial charge in [0, 0.05) is 0 Å². The summed E-state index contributed by atoms with van der Waals surface area (Å²) in [7, 11) is 0. The van der Waals surface area contributed by atoms with Crippen molar-refractivity contribution in [3.63, 3.8) is 0 Å². The predicted molar refractivity (Wildman–Crippen MR) is 38.7 cm³/mol. The topological polar surface area (TPSA) is 0 Å². The molecule has 0 spiro atoms. The van der Waals surface area contributed by atoms with Crippen molar-refractivity contribution in [2.75, 3.05) is 0 Å². The fraction of sp³-hybridized carbons (Fsp3) is 0.875. The Morgan fingerprint density at radius 2 is 1.88 bits per heavy atom. The molecular weight excluding hydrogens is 96.1 g/mol. The van der Waals surface area contributed by atoms with Crippen molar-refractivity contribution in [1.29, 1.82) is 0 Å². The molecule has 0 radical (unpaired) electrons. The summed E-state index contributed by atoms with van der Waals surface area (Å²) in [5.74, 6) is 0. The lowest BCUT2D eigenvalue weighted by atomic mass is 10.1. The lowest BCUT2D eigenvalue weighted by Crippen LogP contribution is -1.75. The molecule has 0 heterocycles. The normalized spacial score (nSPS) is 9.75. The largest absolute Gasteiger partial charge is 0.329 e. The van der Waals surface area contributed by atoms with Gasteiger partial charge in [-0.3, -0.25) is 0 Å². The Balaban J connectivity index is 2.53. The van der Waals surface area contributed by atoms with Gasteiger partial charge in [0.25, 0.3) is 0 Å². The Morgan fingerprint density at radius 3 is 2.38 bits per heavy atom. The van der Waals surface area contributed by atoms with E-state index in [1.165, 1.54) is 32.1 Å². The van der Waals surface area contributed by atoms with Crippen LogP contribution in [0.4, 0.5) is 0 Å². The molecule has 0 N–H and O–H groups in total. The van der Waals surface area contributed by atoms with Crippen molar-refractivity contribution in [1.82, 2.24) is 0 Å². The molecule has 0 saturated carbocycles. The van der Waals surface area contributed by atoms with Crippen LogP contribution in [-0.2, 0) is 0 Å². The highest BCUT2D eigenvalue weighted by Crippen LogP contribution is 2.02. The minimum Gasteiger partial charge on any atom is -0.329 e. The molecule has 0 aliphatic heterocycles. The first-order chi connectivity index (χ1) is 3.91. The van der Waals surface area contributed by atoms with Crippen LogP contribution >= 0.6 is 0 Å². The summed E-state index contributed by atoms with van der Waals surface area (Å²) in [5.41, 5.74) is 0. The zero-order valence-corrected chi connectivity index (χ0v) is 6.11. The molecule has 0 unspecified atom stereocenters. The van der Waals surface area contributed by atoms with Crippen LogP contribution < -0.4 is 0 Å². The molecule has 0 heteroatoms. The summed E-state index contributed by atoms with van der Waals surface area (Å²) < 4.78 is 0. The first kappa shape index (κ1) is 8.00. The van der Waals surface area contributed by atoms with E-state index in [-0.39, 0.29) is 0 Å². The molecule has 0 amide bonds. The van der Waals surface area contributed by atoms with E-state index in [9.17, 15) is 0 Å². The van der Waals surface area contributed by atoms with Gasteiger partial charge in [0.15, 0.2) is 0 Å². The maximum Gasteiger partial charge on any atom is -0.0560 e. The average molecular weight is 113 g/mol. The summed E-state index contributed by atoms with van der Waals surface area (Å²) in [5, 5.41) is 0. The molecule has 8 heavy (non-hydrogen) atoms. The van der Waals surface area contributed by atoms with Gasteiger partial charge in [-0.05, 0) is 0 Å².